The van der Waals surface area contributed by atoms with Crippen LogP contribution in [0.1, 0.15) is 29.5 Å². The number of hydrogen-bond donors (Lipinski definition) is 1. The lowest BCUT2D eigenvalue weighted by Gasteiger charge is -2.33. The van der Waals surface area contributed by atoms with Crippen LogP contribution >= 0.6 is 0 Å². The van der Waals surface area contributed by atoms with E-state index in [-0.39, 0.29) is 18.4 Å². The number of fused-ring (bicyclic) bond motifs is 1. The summed E-state index contributed by atoms with van der Waals surface area (Å²) in [6.07, 6.45) is 1.10. The van der Waals surface area contributed by atoms with Crippen molar-refractivity contribution in [3.63, 3.8) is 0 Å². The van der Waals surface area contributed by atoms with E-state index in [1.807, 2.05) is 18.2 Å². The predicted molar refractivity (Wildman–Crippen MR) is 104 cm³/mol. The summed E-state index contributed by atoms with van der Waals surface area (Å²) in [4.78, 5) is 11.3. The van der Waals surface area contributed by atoms with E-state index < -0.39 is 34.4 Å². The average Bonchev–Trinajstić information content (AvgIpc) is 3.03. The van der Waals surface area contributed by atoms with Crippen molar-refractivity contribution in [2.75, 3.05) is 20.2 Å². The van der Waals surface area contributed by atoms with Crippen molar-refractivity contribution in [1.82, 2.24) is 9.03 Å². The molecule has 1 aliphatic heterocycles. The Hall–Kier alpha value is -1.91. The normalized spacial score (nSPS) is 30.5. The summed E-state index contributed by atoms with van der Waals surface area (Å²) in [6.45, 7) is -1.63. The summed E-state index contributed by atoms with van der Waals surface area (Å²) in [5.74, 6) is -0.613. The van der Waals surface area contributed by atoms with Gasteiger partial charge in [0.05, 0.1) is 12.6 Å². The van der Waals surface area contributed by atoms with Gasteiger partial charge in [-0.15, -0.1) is 0 Å². The fourth-order valence-corrected chi connectivity index (χ4v) is 6.91. The second-order valence-electron chi connectivity index (χ2n) is 8.29. The van der Waals surface area contributed by atoms with Crippen molar-refractivity contribution in [3.8, 4) is 0 Å². The van der Waals surface area contributed by atoms with Crippen molar-refractivity contribution < 1.29 is 31.1 Å². The molecule has 0 unspecified atom stereocenters. The number of alkyl halides is 3. The summed E-state index contributed by atoms with van der Waals surface area (Å²) in [5, 5.41) is 0. The standard InChI is InChI=1S/C20H23F3N2O4S/c1-29-18(26)7-3-13-2-4-14-9-16-5-6-17(10-15(14)8-13)19(16)11-25(12-20(21,22)23)30(27,28)24-19/h2-4,7-8,16-17,24H,5-6,9-12H2,1H3/t16-,17+,19+/m0/s1. The van der Waals surface area contributed by atoms with E-state index in [2.05, 4.69) is 9.46 Å². The fourth-order valence-electron chi connectivity index (χ4n) is 5.20. The number of ether oxygens (including phenoxy) is 1. The third kappa shape index (κ3) is 3.88. The first-order valence-corrected chi connectivity index (χ1v) is 11.2. The Balaban J connectivity index is 1.63. The first-order valence-electron chi connectivity index (χ1n) is 9.76. The lowest BCUT2D eigenvalue weighted by Crippen LogP contribution is -2.52. The molecule has 30 heavy (non-hydrogen) atoms. The molecule has 0 aromatic heterocycles. The molecule has 4 rings (SSSR count). The van der Waals surface area contributed by atoms with E-state index in [0.717, 1.165) is 29.5 Å². The zero-order valence-electron chi connectivity index (χ0n) is 16.4. The van der Waals surface area contributed by atoms with Crippen LogP contribution < -0.4 is 4.72 Å². The SMILES string of the molecule is COC(=O)C=Cc1ccc2c(c1)C[C@H]1CC[C@@H](C2)[C@]12CN(CC(F)(F)F)S(=O)(=O)N2. The maximum Gasteiger partial charge on any atom is 0.402 e. The number of esters is 1. The zero-order valence-corrected chi connectivity index (χ0v) is 17.2. The van der Waals surface area contributed by atoms with E-state index in [1.54, 1.807) is 6.08 Å². The maximum atomic E-state index is 12.9. The number of nitrogens with zero attached hydrogens (tertiary/aromatic N) is 1. The molecule has 10 heteroatoms. The molecule has 164 valence electrons. The van der Waals surface area contributed by atoms with Crippen LogP contribution in [-0.4, -0.2) is 50.6 Å². The molecule has 1 saturated heterocycles. The molecule has 3 aliphatic rings. The van der Waals surface area contributed by atoms with Crippen molar-refractivity contribution in [3.05, 3.63) is 41.0 Å². The van der Waals surface area contributed by atoms with Gasteiger partial charge in [0.25, 0.3) is 10.2 Å². The Labute approximate surface area is 173 Å². The molecular weight excluding hydrogens is 421 g/mol. The van der Waals surface area contributed by atoms with Gasteiger partial charge in [0, 0.05) is 12.6 Å². The molecule has 2 aliphatic carbocycles. The first kappa shape index (κ1) is 21.3. The largest absolute Gasteiger partial charge is 0.466 e. The number of benzene rings is 1. The smallest absolute Gasteiger partial charge is 0.402 e. The molecule has 0 radical (unpaired) electrons. The summed E-state index contributed by atoms with van der Waals surface area (Å²) >= 11 is 0. The second-order valence-corrected chi connectivity index (χ2v) is 9.97. The Morgan fingerprint density at radius 3 is 2.57 bits per heavy atom. The first-order chi connectivity index (χ1) is 14.0. The highest BCUT2D eigenvalue weighted by Crippen LogP contribution is 2.50. The highest BCUT2D eigenvalue weighted by Gasteiger charge is 2.60. The van der Waals surface area contributed by atoms with Gasteiger partial charge < -0.3 is 4.74 Å². The van der Waals surface area contributed by atoms with Crippen LogP contribution in [0.15, 0.2) is 24.3 Å². The molecule has 0 amide bonds. The quantitative estimate of drug-likeness (QED) is 0.574. The third-order valence-corrected chi connectivity index (χ3v) is 8.13. The molecule has 1 saturated carbocycles. The van der Waals surface area contributed by atoms with Gasteiger partial charge in [-0.05, 0) is 60.3 Å². The van der Waals surface area contributed by atoms with E-state index in [4.69, 9.17) is 0 Å². The van der Waals surface area contributed by atoms with Crippen LogP contribution in [0, 0.1) is 11.8 Å². The summed E-state index contributed by atoms with van der Waals surface area (Å²) in [6, 6.07) is 5.79. The van der Waals surface area contributed by atoms with E-state index >= 15 is 0 Å². The molecule has 2 bridgehead atoms. The summed E-state index contributed by atoms with van der Waals surface area (Å²) < 4.78 is 71.6. The van der Waals surface area contributed by atoms with Gasteiger partial charge in [0.2, 0.25) is 0 Å². The van der Waals surface area contributed by atoms with E-state index in [9.17, 15) is 26.4 Å². The van der Waals surface area contributed by atoms with Gasteiger partial charge in [-0.2, -0.15) is 30.6 Å². The molecule has 2 fully saturated rings. The molecule has 1 aromatic rings. The second kappa shape index (κ2) is 7.35. The van der Waals surface area contributed by atoms with Crippen molar-refractivity contribution >= 4 is 22.3 Å². The fraction of sp³-hybridized carbons (Fsp3) is 0.550. The Kier molecular flexibility index (Phi) is 5.22. The lowest BCUT2D eigenvalue weighted by atomic mass is 9.79. The van der Waals surface area contributed by atoms with Crippen LogP contribution in [-0.2, 0) is 32.6 Å². The minimum atomic E-state index is -4.59. The predicted octanol–water partition coefficient (Wildman–Crippen LogP) is 2.45. The topological polar surface area (TPSA) is 75.7 Å². The van der Waals surface area contributed by atoms with Crippen LogP contribution in [0.4, 0.5) is 13.2 Å². The molecule has 1 aromatic carbocycles. The number of carbonyl (C=O) groups is 1. The Morgan fingerprint density at radius 2 is 1.93 bits per heavy atom. The van der Waals surface area contributed by atoms with Gasteiger partial charge in [-0.25, -0.2) is 4.79 Å². The summed E-state index contributed by atoms with van der Waals surface area (Å²) in [7, 11) is -2.89. The average molecular weight is 444 g/mol. The molecular formula is C20H23F3N2O4S. The molecule has 1 heterocycles. The van der Waals surface area contributed by atoms with Gasteiger partial charge in [0.1, 0.15) is 6.54 Å². The third-order valence-electron chi connectivity index (χ3n) is 6.55. The van der Waals surface area contributed by atoms with E-state index in [1.165, 1.54) is 13.2 Å². The van der Waals surface area contributed by atoms with Crippen LogP contribution in [0.5, 0.6) is 0 Å². The van der Waals surface area contributed by atoms with Crippen molar-refractivity contribution in [1.29, 1.82) is 0 Å². The number of carbonyl (C=O) groups excluding carboxylic acids is 1. The highest BCUT2D eigenvalue weighted by molar-refractivity contribution is 7.87. The number of halogens is 3. The number of rotatable bonds is 3. The maximum absolute atomic E-state index is 12.9. The number of hydrogen-bond acceptors (Lipinski definition) is 4. The van der Waals surface area contributed by atoms with Gasteiger partial charge in [-0.3, -0.25) is 0 Å². The zero-order chi connectivity index (χ0) is 21.7. The Morgan fingerprint density at radius 1 is 1.27 bits per heavy atom. The van der Waals surface area contributed by atoms with Crippen LogP contribution in [0.25, 0.3) is 6.08 Å². The molecule has 3 atom stereocenters. The number of nitrogens with one attached hydrogen (secondary N) is 1. The van der Waals surface area contributed by atoms with Crippen LogP contribution in [0.3, 0.4) is 0 Å². The van der Waals surface area contributed by atoms with Crippen molar-refractivity contribution in [2.45, 2.75) is 37.4 Å². The minimum Gasteiger partial charge on any atom is -0.466 e. The molecule has 6 nitrogen and oxygen atoms in total. The van der Waals surface area contributed by atoms with Gasteiger partial charge >= 0.3 is 12.1 Å². The van der Waals surface area contributed by atoms with Gasteiger partial charge in [-0.1, -0.05) is 18.2 Å². The van der Waals surface area contributed by atoms with Crippen LogP contribution in [0.2, 0.25) is 0 Å². The van der Waals surface area contributed by atoms with Gasteiger partial charge in [0.15, 0.2) is 0 Å². The Bertz CT molecular complexity index is 992. The molecule has 1 N–H and O–H groups in total. The van der Waals surface area contributed by atoms with E-state index in [0.29, 0.717) is 17.1 Å². The summed E-state index contributed by atoms with van der Waals surface area (Å²) in [5.41, 5.74) is 2.05. The van der Waals surface area contributed by atoms with Crippen molar-refractivity contribution in [2.24, 2.45) is 11.8 Å². The lowest BCUT2D eigenvalue weighted by molar-refractivity contribution is -0.136. The molecule has 1 spiro atoms. The monoisotopic (exact) mass is 444 g/mol. The highest BCUT2D eigenvalue weighted by atomic mass is 32.2. The number of methoxy groups -OCH3 is 1. The minimum absolute atomic E-state index is 0.0618.